The van der Waals surface area contributed by atoms with Crippen LogP contribution in [0.4, 0.5) is 0 Å². The van der Waals surface area contributed by atoms with Crippen molar-refractivity contribution < 1.29 is 9.90 Å². The molecular formula is C6H11NO2S. The second kappa shape index (κ2) is 3.25. The SMILES string of the molecule is N[C@@H]1CSC[C@@H]1CC(=O)O. The van der Waals surface area contributed by atoms with Crippen LogP contribution in [-0.2, 0) is 4.79 Å². The quantitative estimate of drug-likeness (QED) is 0.605. The Morgan fingerprint density at radius 1 is 1.70 bits per heavy atom. The molecule has 0 aromatic rings. The lowest BCUT2D eigenvalue weighted by atomic mass is 10.0. The van der Waals surface area contributed by atoms with Gasteiger partial charge in [-0.15, -0.1) is 0 Å². The number of nitrogens with two attached hydrogens (primary N) is 1. The molecule has 0 bridgehead atoms. The van der Waals surface area contributed by atoms with Gasteiger partial charge in [0.1, 0.15) is 0 Å². The monoisotopic (exact) mass is 161 g/mol. The van der Waals surface area contributed by atoms with E-state index in [-0.39, 0.29) is 18.4 Å². The van der Waals surface area contributed by atoms with Crippen molar-refractivity contribution in [3.05, 3.63) is 0 Å². The van der Waals surface area contributed by atoms with Gasteiger partial charge in [-0.25, -0.2) is 0 Å². The highest BCUT2D eigenvalue weighted by Gasteiger charge is 2.26. The van der Waals surface area contributed by atoms with Gasteiger partial charge in [0.25, 0.3) is 0 Å². The van der Waals surface area contributed by atoms with Crippen LogP contribution in [0.1, 0.15) is 6.42 Å². The summed E-state index contributed by atoms with van der Waals surface area (Å²) in [6.45, 7) is 0. The highest BCUT2D eigenvalue weighted by atomic mass is 32.2. The van der Waals surface area contributed by atoms with Crippen LogP contribution in [0.2, 0.25) is 0 Å². The van der Waals surface area contributed by atoms with E-state index >= 15 is 0 Å². The Morgan fingerprint density at radius 2 is 2.40 bits per heavy atom. The van der Waals surface area contributed by atoms with E-state index in [1.54, 1.807) is 11.8 Å². The van der Waals surface area contributed by atoms with Gasteiger partial charge in [0.15, 0.2) is 0 Å². The smallest absolute Gasteiger partial charge is 0.303 e. The number of hydrogen-bond acceptors (Lipinski definition) is 3. The maximum atomic E-state index is 10.2. The standard InChI is InChI=1S/C6H11NO2S/c7-5-3-10-2-4(5)1-6(8)9/h4-5H,1-3,7H2,(H,8,9)/t4-,5+/m0/s1. The van der Waals surface area contributed by atoms with Crippen molar-refractivity contribution >= 4 is 17.7 Å². The fourth-order valence-corrected chi connectivity index (χ4v) is 2.40. The second-order valence-electron chi connectivity index (χ2n) is 2.56. The lowest BCUT2D eigenvalue weighted by molar-refractivity contribution is -0.138. The zero-order chi connectivity index (χ0) is 7.56. The van der Waals surface area contributed by atoms with Crippen LogP contribution in [0, 0.1) is 5.92 Å². The van der Waals surface area contributed by atoms with Gasteiger partial charge in [-0.05, 0) is 11.7 Å². The molecule has 0 aromatic heterocycles. The van der Waals surface area contributed by atoms with Gasteiger partial charge in [-0.1, -0.05) is 0 Å². The van der Waals surface area contributed by atoms with Gasteiger partial charge in [0, 0.05) is 11.8 Å². The van der Waals surface area contributed by atoms with Crippen LogP contribution in [0.5, 0.6) is 0 Å². The minimum Gasteiger partial charge on any atom is -0.481 e. The number of carbonyl (C=O) groups is 1. The molecule has 0 aromatic carbocycles. The van der Waals surface area contributed by atoms with Crippen molar-refractivity contribution in [1.29, 1.82) is 0 Å². The number of rotatable bonds is 2. The molecule has 4 heteroatoms. The Morgan fingerprint density at radius 3 is 2.80 bits per heavy atom. The van der Waals surface area contributed by atoms with Gasteiger partial charge in [0.05, 0.1) is 6.42 Å². The summed E-state index contributed by atoms with van der Waals surface area (Å²) in [6, 6.07) is 0.0982. The summed E-state index contributed by atoms with van der Waals surface area (Å²) < 4.78 is 0. The minimum atomic E-state index is -0.733. The van der Waals surface area contributed by atoms with Gasteiger partial charge in [0.2, 0.25) is 0 Å². The van der Waals surface area contributed by atoms with E-state index in [9.17, 15) is 4.79 Å². The van der Waals surface area contributed by atoms with E-state index in [4.69, 9.17) is 10.8 Å². The van der Waals surface area contributed by atoms with Gasteiger partial charge < -0.3 is 10.8 Å². The second-order valence-corrected chi connectivity index (χ2v) is 3.63. The fraction of sp³-hybridized carbons (Fsp3) is 0.833. The molecule has 0 aliphatic carbocycles. The molecule has 0 amide bonds. The Hall–Kier alpha value is -0.220. The van der Waals surface area contributed by atoms with E-state index in [0.29, 0.717) is 0 Å². The lowest BCUT2D eigenvalue weighted by Crippen LogP contribution is -2.29. The Balaban J connectivity index is 2.33. The largest absolute Gasteiger partial charge is 0.481 e. The molecule has 1 aliphatic heterocycles. The first-order valence-electron chi connectivity index (χ1n) is 3.25. The lowest BCUT2D eigenvalue weighted by Gasteiger charge is -2.09. The molecule has 1 heterocycles. The fourth-order valence-electron chi connectivity index (χ4n) is 1.05. The third-order valence-electron chi connectivity index (χ3n) is 1.68. The van der Waals surface area contributed by atoms with Crippen LogP contribution in [0.15, 0.2) is 0 Å². The molecule has 1 rings (SSSR count). The van der Waals surface area contributed by atoms with Crippen molar-refractivity contribution in [2.75, 3.05) is 11.5 Å². The summed E-state index contributed by atoms with van der Waals surface area (Å²) in [5, 5.41) is 8.43. The maximum absolute atomic E-state index is 10.2. The van der Waals surface area contributed by atoms with Gasteiger partial charge in [-0.3, -0.25) is 4.79 Å². The first-order chi connectivity index (χ1) is 4.70. The molecule has 3 nitrogen and oxygen atoms in total. The highest BCUT2D eigenvalue weighted by Crippen LogP contribution is 2.24. The van der Waals surface area contributed by atoms with Crippen molar-refractivity contribution in [3.63, 3.8) is 0 Å². The van der Waals surface area contributed by atoms with E-state index in [2.05, 4.69) is 0 Å². The number of hydrogen-bond donors (Lipinski definition) is 2. The molecule has 0 radical (unpaired) electrons. The normalized spacial score (nSPS) is 32.5. The third kappa shape index (κ3) is 1.88. The van der Waals surface area contributed by atoms with Crippen molar-refractivity contribution in [1.82, 2.24) is 0 Å². The maximum Gasteiger partial charge on any atom is 0.303 e. The van der Waals surface area contributed by atoms with Crippen LogP contribution in [0.3, 0.4) is 0 Å². The molecule has 10 heavy (non-hydrogen) atoms. The number of aliphatic carboxylic acids is 1. The van der Waals surface area contributed by atoms with E-state index in [1.165, 1.54) is 0 Å². The summed E-state index contributed by atoms with van der Waals surface area (Å²) in [5.74, 6) is 1.29. The molecule has 2 atom stereocenters. The summed E-state index contributed by atoms with van der Waals surface area (Å²) in [5.41, 5.74) is 5.64. The average molecular weight is 161 g/mol. The molecule has 3 N–H and O–H groups in total. The van der Waals surface area contributed by atoms with E-state index in [1.807, 2.05) is 0 Å². The molecule has 1 fully saturated rings. The van der Waals surface area contributed by atoms with E-state index < -0.39 is 5.97 Å². The molecule has 0 spiro atoms. The van der Waals surface area contributed by atoms with E-state index in [0.717, 1.165) is 11.5 Å². The predicted octanol–water partition coefficient (Wildman–Crippen LogP) is 0.151. The molecule has 0 saturated carbocycles. The van der Waals surface area contributed by atoms with Gasteiger partial charge >= 0.3 is 5.97 Å². The first kappa shape index (κ1) is 7.88. The molecule has 1 aliphatic rings. The Kier molecular flexibility index (Phi) is 2.56. The van der Waals surface area contributed by atoms with Crippen molar-refractivity contribution in [2.45, 2.75) is 12.5 Å². The zero-order valence-electron chi connectivity index (χ0n) is 5.62. The highest BCUT2D eigenvalue weighted by molar-refractivity contribution is 7.99. The zero-order valence-corrected chi connectivity index (χ0v) is 6.43. The number of carboxylic acids is 1. The van der Waals surface area contributed by atoms with Crippen LogP contribution >= 0.6 is 11.8 Å². The summed E-state index contributed by atoms with van der Waals surface area (Å²) in [4.78, 5) is 10.2. The Bertz CT molecular complexity index is 140. The molecular weight excluding hydrogens is 150 g/mol. The Labute approximate surface area is 64.0 Å². The van der Waals surface area contributed by atoms with Crippen molar-refractivity contribution in [2.24, 2.45) is 11.7 Å². The number of thioether (sulfide) groups is 1. The predicted molar refractivity (Wildman–Crippen MR) is 41.0 cm³/mol. The van der Waals surface area contributed by atoms with Crippen LogP contribution in [0.25, 0.3) is 0 Å². The molecule has 1 saturated heterocycles. The van der Waals surface area contributed by atoms with Crippen molar-refractivity contribution in [3.8, 4) is 0 Å². The molecule has 58 valence electrons. The topological polar surface area (TPSA) is 63.3 Å². The number of carboxylic acid groups (broad SMARTS) is 1. The first-order valence-corrected chi connectivity index (χ1v) is 4.40. The third-order valence-corrected chi connectivity index (χ3v) is 2.97. The summed E-state index contributed by atoms with van der Waals surface area (Å²) in [6.07, 6.45) is 0.230. The average Bonchev–Trinajstić information content (AvgIpc) is 2.15. The van der Waals surface area contributed by atoms with Crippen LogP contribution in [-0.4, -0.2) is 28.6 Å². The minimum absolute atomic E-state index is 0.0982. The van der Waals surface area contributed by atoms with Gasteiger partial charge in [-0.2, -0.15) is 11.8 Å². The van der Waals surface area contributed by atoms with Crippen LogP contribution < -0.4 is 5.73 Å². The summed E-state index contributed by atoms with van der Waals surface area (Å²) >= 11 is 1.74. The summed E-state index contributed by atoms with van der Waals surface area (Å²) in [7, 11) is 0. The molecule has 0 unspecified atom stereocenters.